The van der Waals surface area contributed by atoms with Gasteiger partial charge in [0.05, 0.1) is 17.2 Å². The van der Waals surface area contributed by atoms with Crippen LogP contribution in [0.3, 0.4) is 0 Å². The third-order valence-electron chi connectivity index (χ3n) is 3.59. The summed E-state index contributed by atoms with van der Waals surface area (Å²) in [5.41, 5.74) is -1.03. The maximum Gasteiger partial charge on any atom is 0.417 e. The van der Waals surface area contributed by atoms with Crippen LogP contribution in [0.4, 0.5) is 18.9 Å². The fourth-order valence-corrected chi connectivity index (χ4v) is 1.66. The molecule has 1 rings (SSSR count). The highest BCUT2D eigenvalue weighted by molar-refractivity contribution is 5.55. The largest absolute Gasteiger partial charge is 0.417 e. The molecule has 0 unspecified atom stereocenters. The van der Waals surface area contributed by atoms with Crippen LogP contribution in [0.2, 0.25) is 0 Å². The van der Waals surface area contributed by atoms with E-state index < -0.39 is 11.7 Å². The molecule has 0 fully saturated rings. The first-order chi connectivity index (χ1) is 8.63. The van der Waals surface area contributed by atoms with Crippen molar-refractivity contribution in [3.63, 3.8) is 0 Å². The number of hydrogen-bond acceptors (Lipinski definition) is 2. The zero-order chi connectivity index (χ0) is 14.8. The predicted octanol–water partition coefficient (Wildman–Crippen LogP) is 4.20. The predicted molar refractivity (Wildman–Crippen MR) is 68.9 cm³/mol. The van der Waals surface area contributed by atoms with Gasteiger partial charge >= 0.3 is 6.18 Å². The molecule has 2 nitrogen and oxygen atoms in total. The number of alkyl halides is 3. The number of nitriles is 1. The van der Waals surface area contributed by atoms with Crippen LogP contribution in [0.25, 0.3) is 0 Å². The van der Waals surface area contributed by atoms with Crippen LogP contribution in [0, 0.1) is 11.3 Å². The summed E-state index contributed by atoms with van der Waals surface area (Å²) in [6.07, 6.45) is -3.72. The van der Waals surface area contributed by atoms with E-state index in [1.807, 2.05) is 20.8 Å². The van der Waals surface area contributed by atoms with E-state index in [9.17, 15) is 13.2 Å². The Bertz CT molecular complexity index is 498. The van der Waals surface area contributed by atoms with E-state index in [0.717, 1.165) is 12.5 Å². The highest BCUT2D eigenvalue weighted by Gasteiger charge is 2.34. The second kappa shape index (κ2) is 5.12. The second-order valence-corrected chi connectivity index (χ2v) is 5.06. The summed E-state index contributed by atoms with van der Waals surface area (Å²) in [6.45, 7) is 5.89. The average molecular weight is 270 g/mol. The smallest absolute Gasteiger partial charge is 0.369 e. The third kappa shape index (κ3) is 3.19. The number of rotatable bonds is 3. The molecule has 0 aromatic heterocycles. The zero-order valence-corrected chi connectivity index (χ0v) is 11.5. The molecule has 1 aromatic rings. The SMILES string of the molecule is CCC(C)(C)N(C)c1ccc(C#N)c(C(F)(F)F)c1. The van der Waals surface area contributed by atoms with Gasteiger partial charge in [0, 0.05) is 18.3 Å². The summed E-state index contributed by atoms with van der Waals surface area (Å²) in [5.74, 6) is 0. The Morgan fingerprint density at radius 2 is 1.84 bits per heavy atom. The molecule has 0 atom stereocenters. The van der Waals surface area contributed by atoms with Crippen LogP contribution in [-0.4, -0.2) is 12.6 Å². The average Bonchev–Trinajstić information content (AvgIpc) is 2.36. The highest BCUT2D eigenvalue weighted by Crippen LogP contribution is 2.35. The molecule has 19 heavy (non-hydrogen) atoms. The van der Waals surface area contributed by atoms with E-state index in [1.165, 1.54) is 6.07 Å². The van der Waals surface area contributed by atoms with E-state index in [-0.39, 0.29) is 11.1 Å². The van der Waals surface area contributed by atoms with Gasteiger partial charge in [-0.3, -0.25) is 0 Å². The molecule has 0 bridgehead atoms. The Morgan fingerprint density at radius 3 is 2.26 bits per heavy atom. The minimum absolute atomic E-state index is 0.253. The molecule has 0 N–H and O–H groups in total. The molecule has 104 valence electrons. The van der Waals surface area contributed by atoms with Crippen LogP contribution in [0.1, 0.15) is 38.3 Å². The molecule has 0 radical (unpaired) electrons. The van der Waals surface area contributed by atoms with Crippen molar-refractivity contribution < 1.29 is 13.2 Å². The number of anilines is 1. The summed E-state index contributed by atoms with van der Waals surface area (Å²) in [4.78, 5) is 1.80. The Balaban J connectivity index is 3.31. The van der Waals surface area contributed by atoms with Crippen LogP contribution >= 0.6 is 0 Å². The molecule has 0 amide bonds. The first-order valence-corrected chi connectivity index (χ1v) is 5.98. The Kier molecular flexibility index (Phi) is 4.14. The number of halogens is 3. The van der Waals surface area contributed by atoms with Gasteiger partial charge < -0.3 is 4.90 Å². The molecule has 0 saturated heterocycles. The minimum atomic E-state index is -4.52. The van der Waals surface area contributed by atoms with E-state index >= 15 is 0 Å². The van der Waals surface area contributed by atoms with Gasteiger partial charge in [0.15, 0.2) is 0 Å². The Morgan fingerprint density at radius 1 is 1.26 bits per heavy atom. The van der Waals surface area contributed by atoms with Crippen molar-refractivity contribution in [1.29, 1.82) is 5.26 Å². The van der Waals surface area contributed by atoms with Gasteiger partial charge in [-0.05, 0) is 38.5 Å². The Hall–Kier alpha value is -1.70. The molecule has 1 aromatic carbocycles. The van der Waals surface area contributed by atoms with E-state index in [2.05, 4.69) is 0 Å². The van der Waals surface area contributed by atoms with Crippen molar-refractivity contribution in [2.45, 2.75) is 38.9 Å². The van der Waals surface area contributed by atoms with Gasteiger partial charge in [-0.15, -0.1) is 0 Å². The fraction of sp³-hybridized carbons (Fsp3) is 0.500. The standard InChI is InChI=1S/C14H17F3N2/c1-5-13(2,3)19(4)11-7-6-10(9-18)12(8-11)14(15,16)17/h6-8H,5H2,1-4H3. The summed E-state index contributed by atoms with van der Waals surface area (Å²) in [7, 11) is 1.75. The molecule has 0 heterocycles. The molecule has 0 aliphatic rings. The van der Waals surface area contributed by atoms with Crippen LogP contribution in [0.15, 0.2) is 18.2 Å². The lowest BCUT2D eigenvalue weighted by Crippen LogP contribution is -2.40. The quantitative estimate of drug-likeness (QED) is 0.823. The summed E-state index contributed by atoms with van der Waals surface area (Å²) < 4.78 is 38.7. The molecular weight excluding hydrogens is 253 g/mol. The maximum absolute atomic E-state index is 12.9. The second-order valence-electron chi connectivity index (χ2n) is 5.06. The molecule has 5 heteroatoms. The van der Waals surface area contributed by atoms with Crippen molar-refractivity contribution in [3.8, 4) is 6.07 Å². The summed E-state index contributed by atoms with van der Waals surface area (Å²) in [5, 5.41) is 8.75. The van der Waals surface area contributed by atoms with E-state index in [0.29, 0.717) is 5.69 Å². The van der Waals surface area contributed by atoms with Crippen molar-refractivity contribution in [2.24, 2.45) is 0 Å². The van der Waals surface area contributed by atoms with Crippen LogP contribution in [-0.2, 0) is 6.18 Å². The molecule has 0 spiro atoms. The van der Waals surface area contributed by atoms with Gasteiger partial charge in [-0.25, -0.2) is 0 Å². The normalized spacial score (nSPS) is 12.1. The molecule has 0 saturated carbocycles. The summed E-state index contributed by atoms with van der Waals surface area (Å²) in [6, 6.07) is 5.39. The topological polar surface area (TPSA) is 27.0 Å². The minimum Gasteiger partial charge on any atom is -0.369 e. The lowest BCUT2D eigenvalue weighted by molar-refractivity contribution is -0.137. The lowest BCUT2D eigenvalue weighted by Gasteiger charge is -2.37. The third-order valence-corrected chi connectivity index (χ3v) is 3.59. The number of benzene rings is 1. The van der Waals surface area contributed by atoms with E-state index in [1.54, 1.807) is 24.1 Å². The maximum atomic E-state index is 12.9. The fourth-order valence-electron chi connectivity index (χ4n) is 1.66. The number of nitrogens with zero attached hydrogens (tertiary/aromatic N) is 2. The van der Waals surface area contributed by atoms with Crippen molar-refractivity contribution in [2.75, 3.05) is 11.9 Å². The lowest BCUT2D eigenvalue weighted by atomic mass is 9.98. The van der Waals surface area contributed by atoms with Crippen LogP contribution < -0.4 is 4.90 Å². The van der Waals surface area contributed by atoms with E-state index in [4.69, 9.17) is 5.26 Å². The van der Waals surface area contributed by atoms with Crippen molar-refractivity contribution in [1.82, 2.24) is 0 Å². The molecular formula is C14H17F3N2. The molecule has 0 aliphatic carbocycles. The van der Waals surface area contributed by atoms with Gasteiger partial charge in [0.1, 0.15) is 0 Å². The number of hydrogen-bond donors (Lipinski definition) is 0. The molecule has 0 aliphatic heterocycles. The Labute approximate surface area is 111 Å². The van der Waals surface area contributed by atoms with Gasteiger partial charge in [-0.2, -0.15) is 18.4 Å². The zero-order valence-electron chi connectivity index (χ0n) is 11.5. The monoisotopic (exact) mass is 270 g/mol. The van der Waals surface area contributed by atoms with Gasteiger partial charge in [-0.1, -0.05) is 6.92 Å². The summed E-state index contributed by atoms with van der Waals surface area (Å²) >= 11 is 0. The first-order valence-electron chi connectivity index (χ1n) is 5.98. The van der Waals surface area contributed by atoms with Crippen LogP contribution in [0.5, 0.6) is 0 Å². The van der Waals surface area contributed by atoms with Crippen molar-refractivity contribution >= 4 is 5.69 Å². The van der Waals surface area contributed by atoms with Gasteiger partial charge in [0.2, 0.25) is 0 Å². The van der Waals surface area contributed by atoms with Gasteiger partial charge in [0.25, 0.3) is 0 Å². The van der Waals surface area contributed by atoms with Crippen molar-refractivity contribution in [3.05, 3.63) is 29.3 Å². The highest BCUT2D eigenvalue weighted by atomic mass is 19.4. The first kappa shape index (κ1) is 15.4.